The second kappa shape index (κ2) is 6.14. The molecule has 0 fully saturated rings. The van der Waals surface area contributed by atoms with Crippen LogP contribution in [0.2, 0.25) is 0 Å². The van der Waals surface area contributed by atoms with Crippen molar-refractivity contribution in [3.05, 3.63) is 95.7 Å². The standard InChI is InChI=1S/C22H16N4O/c27-22-19(15-10-4-6-12-17(15)24-22)21-20(16-11-5-7-13-18(16)23-21)26-25-14-8-2-1-3-9-14/h1-13,23,25H,(H,24,27)/b21-19-,26-20+. The molecule has 130 valence electrons. The van der Waals surface area contributed by atoms with Crippen LogP contribution in [-0.4, -0.2) is 11.6 Å². The molecule has 0 bridgehead atoms. The molecule has 27 heavy (non-hydrogen) atoms. The predicted molar refractivity (Wildman–Crippen MR) is 109 cm³/mol. The highest BCUT2D eigenvalue weighted by Gasteiger charge is 2.33. The molecule has 5 rings (SSSR count). The normalized spacial score (nSPS) is 18.7. The largest absolute Gasteiger partial charge is 0.352 e. The van der Waals surface area contributed by atoms with Gasteiger partial charge in [0.15, 0.2) is 0 Å². The number of anilines is 3. The number of hydrazone groups is 1. The van der Waals surface area contributed by atoms with Gasteiger partial charge < -0.3 is 10.6 Å². The minimum absolute atomic E-state index is 0.126. The summed E-state index contributed by atoms with van der Waals surface area (Å²) in [6.45, 7) is 0. The number of nitrogens with zero attached hydrogens (tertiary/aromatic N) is 1. The van der Waals surface area contributed by atoms with Gasteiger partial charge >= 0.3 is 0 Å². The van der Waals surface area contributed by atoms with Crippen molar-refractivity contribution >= 4 is 34.3 Å². The monoisotopic (exact) mass is 352 g/mol. The number of nitrogens with one attached hydrogen (secondary N) is 3. The lowest BCUT2D eigenvalue weighted by atomic mass is 10.0. The van der Waals surface area contributed by atoms with E-state index in [1.807, 2.05) is 78.9 Å². The maximum absolute atomic E-state index is 12.7. The highest BCUT2D eigenvalue weighted by molar-refractivity contribution is 6.39. The molecule has 5 heteroatoms. The molecule has 0 radical (unpaired) electrons. The topological polar surface area (TPSA) is 65.5 Å². The van der Waals surface area contributed by atoms with Crippen LogP contribution in [0.5, 0.6) is 0 Å². The van der Waals surface area contributed by atoms with Crippen LogP contribution in [0.1, 0.15) is 11.1 Å². The summed E-state index contributed by atoms with van der Waals surface area (Å²) < 4.78 is 0. The molecule has 3 aromatic rings. The Bertz CT molecular complexity index is 1120. The van der Waals surface area contributed by atoms with Crippen LogP contribution in [0.15, 0.2) is 89.7 Å². The molecule has 3 aromatic carbocycles. The van der Waals surface area contributed by atoms with Crippen LogP contribution in [0.3, 0.4) is 0 Å². The third-order valence-corrected chi connectivity index (χ3v) is 4.67. The van der Waals surface area contributed by atoms with Crippen LogP contribution in [0.4, 0.5) is 17.1 Å². The Kier molecular flexibility index (Phi) is 3.50. The smallest absolute Gasteiger partial charge is 0.258 e. The molecule has 0 aliphatic carbocycles. The van der Waals surface area contributed by atoms with E-state index in [4.69, 9.17) is 0 Å². The highest BCUT2D eigenvalue weighted by Crippen LogP contribution is 2.38. The van der Waals surface area contributed by atoms with Crippen LogP contribution < -0.4 is 16.1 Å². The van der Waals surface area contributed by atoms with Crippen LogP contribution in [0.25, 0.3) is 5.57 Å². The van der Waals surface area contributed by atoms with Gasteiger partial charge in [0, 0.05) is 22.5 Å². The second-order valence-corrected chi connectivity index (χ2v) is 6.36. The highest BCUT2D eigenvalue weighted by atomic mass is 16.2. The summed E-state index contributed by atoms with van der Waals surface area (Å²) in [4.78, 5) is 12.7. The van der Waals surface area contributed by atoms with E-state index in [2.05, 4.69) is 21.2 Å². The van der Waals surface area contributed by atoms with Crippen molar-refractivity contribution in [3.8, 4) is 0 Å². The fraction of sp³-hybridized carbons (Fsp3) is 0. The molecule has 1 amide bonds. The Morgan fingerprint density at radius 2 is 1.33 bits per heavy atom. The maximum atomic E-state index is 12.7. The van der Waals surface area contributed by atoms with Crippen molar-refractivity contribution in [2.75, 3.05) is 16.1 Å². The average Bonchev–Trinajstić information content (AvgIpc) is 3.23. The molecule has 0 saturated carbocycles. The number of rotatable bonds is 2. The van der Waals surface area contributed by atoms with Gasteiger partial charge in [-0.25, -0.2) is 0 Å². The van der Waals surface area contributed by atoms with E-state index in [1.165, 1.54) is 0 Å². The summed E-state index contributed by atoms with van der Waals surface area (Å²) in [5, 5.41) is 10.9. The number of allylic oxidation sites excluding steroid dienone is 1. The number of carbonyl (C=O) groups is 1. The van der Waals surface area contributed by atoms with Crippen molar-refractivity contribution in [1.29, 1.82) is 0 Å². The number of hydrogen-bond donors (Lipinski definition) is 3. The van der Waals surface area contributed by atoms with Gasteiger partial charge in [-0.05, 0) is 24.3 Å². The first-order valence-electron chi connectivity index (χ1n) is 8.72. The molecule has 2 heterocycles. The zero-order chi connectivity index (χ0) is 18.2. The quantitative estimate of drug-likeness (QED) is 0.476. The summed E-state index contributed by atoms with van der Waals surface area (Å²) >= 11 is 0. The number of benzene rings is 3. The third-order valence-electron chi connectivity index (χ3n) is 4.67. The van der Waals surface area contributed by atoms with Gasteiger partial charge in [0.2, 0.25) is 0 Å². The van der Waals surface area contributed by atoms with E-state index in [-0.39, 0.29) is 5.91 Å². The fourth-order valence-electron chi connectivity index (χ4n) is 3.42. The van der Waals surface area contributed by atoms with Crippen LogP contribution in [0, 0.1) is 0 Å². The SMILES string of the molecule is O=C1Nc2ccccc2/C1=C1/Nc2ccccc2/C1=N\Nc1ccccc1. The Labute approximate surface area is 156 Å². The fourth-order valence-corrected chi connectivity index (χ4v) is 3.42. The summed E-state index contributed by atoms with van der Waals surface area (Å²) in [5.74, 6) is -0.126. The molecule has 0 unspecified atom stereocenters. The Balaban J connectivity index is 1.67. The van der Waals surface area contributed by atoms with Crippen molar-refractivity contribution in [1.82, 2.24) is 0 Å². The lowest BCUT2D eigenvalue weighted by Crippen LogP contribution is -2.13. The minimum atomic E-state index is -0.126. The number of carbonyl (C=O) groups excluding carboxylic acids is 1. The lowest BCUT2D eigenvalue weighted by Gasteiger charge is -2.07. The number of fused-ring (bicyclic) bond motifs is 2. The van der Waals surface area contributed by atoms with Gasteiger partial charge in [0.25, 0.3) is 5.91 Å². The molecule has 2 aliphatic rings. The molecule has 2 aliphatic heterocycles. The zero-order valence-corrected chi connectivity index (χ0v) is 14.4. The Hall–Kier alpha value is -3.86. The maximum Gasteiger partial charge on any atom is 0.258 e. The summed E-state index contributed by atoms with van der Waals surface area (Å²) in [6.07, 6.45) is 0. The van der Waals surface area contributed by atoms with Crippen molar-refractivity contribution < 1.29 is 4.79 Å². The summed E-state index contributed by atoms with van der Waals surface area (Å²) in [6, 6.07) is 25.4. The predicted octanol–water partition coefficient (Wildman–Crippen LogP) is 4.29. The zero-order valence-electron chi connectivity index (χ0n) is 14.4. The van der Waals surface area contributed by atoms with E-state index in [0.29, 0.717) is 11.3 Å². The minimum Gasteiger partial charge on any atom is -0.352 e. The van der Waals surface area contributed by atoms with Gasteiger partial charge in [-0.15, -0.1) is 0 Å². The van der Waals surface area contributed by atoms with Crippen LogP contribution in [-0.2, 0) is 4.79 Å². The summed E-state index contributed by atoms with van der Waals surface area (Å²) in [7, 11) is 0. The average molecular weight is 352 g/mol. The number of para-hydroxylation sites is 3. The van der Waals surface area contributed by atoms with E-state index >= 15 is 0 Å². The second-order valence-electron chi connectivity index (χ2n) is 6.36. The van der Waals surface area contributed by atoms with Crippen LogP contribution >= 0.6 is 0 Å². The molecule has 5 nitrogen and oxygen atoms in total. The first-order valence-corrected chi connectivity index (χ1v) is 8.72. The number of amides is 1. The van der Waals surface area contributed by atoms with E-state index in [1.54, 1.807) is 0 Å². The van der Waals surface area contributed by atoms with Gasteiger partial charge in [-0.1, -0.05) is 54.6 Å². The molecular weight excluding hydrogens is 336 g/mol. The van der Waals surface area contributed by atoms with E-state index < -0.39 is 0 Å². The first-order chi connectivity index (χ1) is 13.3. The number of hydrogen-bond acceptors (Lipinski definition) is 4. The van der Waals surface area contributed by atoms with Crippen molar-refractivity contribution in [3.63, 3.8) is 0 Å². The third kappa shape index (κ3) is 2.57. The van der Waals surface area contributed by atoms with Gasteiger partial charge in [0.05, 0.1) is 17.0 Å². The lowest BCUT2D eigenvalue weighted by molar-refractivity contribution is -0.110. The van der Waals surface area contributed by atoms with Crippen molar-refractivity contribution in [2.24, 2.45) is 5.10 Å². The molecule has 0 saturated heterocycles. The first kappa shape index (κ1) is 15.4. The summed E-state index contributed by atoms with van der Waals surface area (Å²) in [5.41, 5.74) is 9.61. The molecule has 0 atom stereocenters. The van der Waals surface area contributed by atoms with Crippen molar-refractivity contribution in [2.45, 2.75) is 0 Å². The van der Waals surface area contributed by atoms with E-state index in [9.17, 15) is 4.79 Å². The molecular formula is C22H16N4O. The molecule has 3 N–H and O–H groups in total. The molecule has 0 aromatic heterocycles. The Morgan fingerprint density at radius 1 is 0.704 bits per heavy atom. The Morgan fingerprint density at radius 3 is 2.11 bits per heavy atom. The van der Waals surface area contributed by atoms with Gasteiger partial charge in [-0.3, -0.25) is 10.2 Å². The van der Waals surface area contributed by atoms with Gasteiger partial charge in [0.1, 0.15) is 5.71 Å². The van der Waals surface area contributed by atoms with Gasteiger partial charge in [-0.2, -0.15) is 5.10 Å². The van der Waals surface area contributed by atoms with E-state index in [0.717, 1.165) is 33.9 Å². The molecule has 0 spiro atoms.